The number of hydrogen-bond acceptors (Lipinski definition) is 0. The van der Waals surface area contributed by atoms with E-state index in [1.807, 2.05) is 0 Å². The lowest BCUT2D eigenvalue weighted by molar-refractivity contribution is 0.478. The molecular formula is C13H24Si. The zero-order valence-corrected chi connectivity index (χ0v) is 12.3. The smallest absolute Gasteiger partial charge is 0.0344 e. The summed E-state index contributed by atoms with van der Waals surface area (Å²) in [6, 6.07) is 0. The van der Waals surface area contributed by atoms with Gasteiger partial charge in [0.2, 0.25) is 0 Å². The van der Waals surface area contributed by atoms with Gasteiger partial charge in [-0.15, -0.1) is 0 Å². The van der Waals surface area contributed by atoms with Crippen molar-refractivity contribution in [1.82, 2.24) is 0 Å². The van der Waals surface area contributed by atoms with Gasteiger partial charge in [0.15, 0.2) is 0 Å². The molecule has 0 radical (unpaired) electrons. The first-order chi connectivity index (χ1) is 6.61. The van der Waals surface area contributed by atoms with E-state index in [0.29, 0.717) is 0 Å². The van der Waals surface area contributed by atoms with Crippen molar-refractivity contribution >= 4 is 10.2 Å². The predicted octanol–water partition coefficient (Wildman–Crippen LogP) is 2.88. The Morgan fingerprint density at radius 2 is 1.93 bits per heavy atom. The minimum Gasteiger partial charge on any atom is -0.0814 e. The van der Waals surface area contributed by atoms with Crippen LogP contribution >= 0.6 is 0 Å². The van der Waals surface area contributed by atoms with Gasteiger partial charge < -0.3 is 0 Å². The molecule has 0 amide bonds. The Kier molecular flexibility index (Phi) is 4.18. The Hall–Kier alpha value is -0.303. The molecule has 1 aliphatic rings. The third-order valence-electron chi connectivity index (χ3n) is 3.84. The van der Waals surface area contributed by atoms with Crippen LogP contribution in [-0.4, -0.2) is 10.2 Å². The molecule has 0 bridgehead atoms. The van der Waals surface area contributed by atoms with Gasteiger partial charge in [-0.25, -0.2) is 0 Å². The van der Waals surface area contributed by atoms with Gasteiger partial charge in [-0.1, -0.05) is 57.0 Å². The lowest BCUT2D eigenvalue weighted by atomic mass is 9.91. The third kappa shape index (κ3) is 2.19. The Labute approximate surface area is 91.9 Å². The Morgan fingerprint density at radius 3 is 2.43 bits per heavy atom. The normalized spacial score (nSPS) is 25.9. The van der Waals surface area contributed by atoms with Gasteiger partial charge in [0, 0.05) is 10.2 Å². The standard InChI is InChI=1S/C13H24Si/c1-5-9(3)11-7-8-12(13(11)14)10(4)6-2/h7-11H,5-6H2,1-4,14H3. The highest BCUT2D eigenvalue weighted by Gasteiger charge is 2.22. The van der Waals surface area contributed by atoms with Gasteiger partial charge in [0.25, 0.3) is 0 Å². The summed E-state index contributed by atoms with van der Waals surface area (Å²) in [5.74, 6) is 2.38. The van der Waals surface area contributed by atoms with Crippen LogP contribution in [0.25, 0.3) is 0 Å². The molecule has 14 heavy (non-hydrogen) atoms. The molecule has 0 fully saturated rings. The maximum atomic E-state index is 2.44. The molecule has 80 valence electrons. The van der Waals surface area contributed by atoms with E-state index >= 15 is 0 Å². The van der Waals surface area contributed by atoms with Crippen molar-refractivity contribution in [2.45, 2.75) is 40.5 Å². The minimum atomic E-state index is 0.771. The summed E-state index contributed by atoms with van der Waals surface area (Å²) in [5, 5.41) is 1.76. The molecule has 0 N–H and O–H groups in total. The second-order valence-electron chi connectivity index (χ2n) is 4.72. The maximum absolute atomic E-state index is 2.44. The molecule has 0 aromatic heterocycles. The van der Waals surface area contributed by atoms with E-state index in [0.717, 1.165) is 17.8 Å². The van der Waals surface area contributed by atoms with E-state index in [1.54, 1.807) is 10.8 Å². The second-order valence-corrected chi connectivity index (χ2v) is 5.80. The zero-order chi connectivity index (χ0) is 10.7. The molecule has 0 heterocycles. The second kappa shape index (κ2) is 4.97. The van der Waals surface area contributed by atoms with Crippen LogP contribution in [0.1, 0.15) is 40.5 Å². The molecule has 0 saturated carbocycles. The molecule has 0 aromatic rings. The molecule has 3 atom stereocenters. The number of allylic oxidation sites excluding steroid dienone is 4. The lowest BCUT2D eigenvalue weighted by Gasteiger charge is -2.19. The quantitative estimate of drug-likeness (QED) is 0.623. The lowest BCUT2D eigenvalue weighted by Crippen LogP contribution is -2.11. The molecular weight excluding hydrogens is 184 g/mol. The molecule has 0 saturated heterocycles. The summed E-state index contributed by atoms with van der Waals surface area (Å²) in [6.07, 6.45) is 7.42. The summed E-state index contributed by atoms with van der Waals surface area (Å²) in [4.78, 5) is 0. The fraction of sp³-hybridized carbons (Fsp3) is 0.692. The first kappa shape index (κ1) is 11.8. The largest absolute Gasteiger partial charge is 0.0814 e. The van der Waals surface area contributed by atoms with E-state index in [9.17, 15) is 0 Å². The van der Waals surface area contributed by atoms with Crippen molar-refractivity contribution in [3.63, 3.8) is 0 Å². The van der Waals surface area contributed by atoms with E-state index in [-0.39, 0.29) is 0 Å². The average Bonchev–Trinajstić information content (AvgIpc) is 2.58. The van der Waals surface area contributed by atoms with Gasteiger partial charge in [-0.2, -0.15) is 0 Å². The number of hydrogen-bond donors (Lipinski definition) is 0. The van der Waals surface area contributed by atoms with Crippen molar-refractivity contribution in [3.8, 4) is 0 Å². The van der Waals surface area contributed by atoms with Crippen LogP contribution in [0.3, 0.4) is 0 Å². The minimum absolute atomic E-state index is 0.771. The molecule has 1 heteroatoms. The maximum Gasteiger partial charge on any atom is 0.0344 e. The Morgan fingerprint density at radius 1 is 1.29 bits per heavy atom. The van der Waals surface area contributed by atoms with E-state index in [4.69, 9.17) is 0 Å². The Balaban J connectivity index is 2.80. The third-order valence-corrected chi connectivity index (χ3v) is 5.08. The average molecular weight is 208 g/mol. The summed E-state index contributed by atoms with van der Waals surface area (Å²) in [5.41, 5.74) is 1.66. The monoisotopic (exact) mass is 208 g/mol. The predicted molar refractivity (Wildman–Crippen MR) is 68.5 cm³/mol. The highest BCUT2D eigenvalue weighted by atomic mass is 28.1. The molecule has 0 aliphatic heterocycles. The first-order valence-electron chi connectivity index (χ1n) is 6.00. The van der Waals surface area contributed by atoms with Crippen molar-refractivity contribution in [1.29, 1.82) is 0 Å². The van der Waals surface area contributed by atoms with Gasteiger partial charge in [-0.05, 0) is 24.2 Å². The molecule has 0 aromatic carbocycles. The van der Waals surface area contributed by atoms with Crippen molar-refractivity contribution < 1.29 is 0 Å². The molecule has 1 aliphatic carbocycles. The summed E-state index contributed by atoms with van der Waals surface area (Å²) in [7, 11) is 1.24. The van der Waals surface area contributed by atoms with Crippen LogP contribution in [0.5, 0.6) is 0 Å². The number of rotatable bonds is 4. The van der Waals surface area contributed by atoms with Gasteiger partial charge in [0.1, 0.15) is 0 Å². The van der Waals surface area contributed by atoms with Crippen LogP contribution < -0.4 is 0 Å². The first-order valence-corrected chi connectivity index (χ1v) is 7.00. The Bertz CT molecular complexity index is 250. The van der Waals surface area contributed by atoms with E-state index in [2.05, 4.69) is 39.8 Å². The SMILES string of the molecule is CCC(C)C1=C([SiH3])C(C(C)CC)C=C1. The van der Waals surface area contributed by atoms with Gasteiger partial charge in [-0.3, -0.25) is 0 Å². The fourth-order valence-electron chi connectivity index (χ4n) is 2.32. The summed E-state index contributed by atoms with van der Waals surface area (Å²) < 4.78 is 0. The zero-order valence-electron chi connectivity index (χ0n) is 10.3. The van der Waals surface area contributed by atoms with Crippen molar-refractivity contribution in [3.05, 3.63) is 22.9 Å². The van der Waals surface area contributed by atoms with Gasteiger partial charge in [0.05, 0.1) is 0 Å². The van der Waals surface area contributed by atoms with Crippen LogP contribution in [0.15, 0.2) is 22.9 Å². The van der Waals surface area contributed by atoms with Crippen molar-refractivity contribution in [2.24, 2.45) is 17.8 Å². The summed E-state index contributed by atoms with van der Waals surface area (Å²) >= 11 is 0. The highest BCUT2D eigenvalue weighted by molar-refractivity contribution is 6.23. The molecule has 0 spiro atoms. The van der Waals surface area contributed by atoms with E-state index < -0.39 is 0 Å². The molecule has 3 unspecified atom stereocenters. The van der Waals surface area contributed by atoms with Crippen LogP contribution in [-0.2, 0) is 0 Å². The van der Waals surface area contributed by atoms with E-state index in [1.165, 1.54) is 23.1 Å². The highest BCUT2D eigenvalue weighted by Crippen LogP contribution is 2.34. The van der Waals surface area contributed by atoms with Crippen LogP contribution in [0.2, 0.25) is 0 Å². The molecule has 0 nitrogen and oxygen atoms in total. The molecule has 1 rings (SSSR count). The van der Waals surface area contributed by atoms with Gasteiger partial charge >= 0.3 is 0 Å². The topological polar surface area (TPSA) is 0 Å². The van der Waals surface area contributed by atoms with Crippen molar-refractivity contribution in [2.75, 3.05) is 0 Å². The fourth-order valence-corrected chi connectivity index (χ4v) is 3.74. The van der Waals surface area contributed by atoms with Crippen LogP contribution in [0.4, 0.5) is 0 Å². The summed E-state index contributed by atoms with van der Waals surface area (Å²) in [6.45, 7) is 9.33. The van der Waals surface area contributed by atoms with Crippen LogP contribution in [0, 0.1) is 17.8 Å².